The highest BCUT2D eigenvalue weighted by Crippen LogP contribution is 2.32. The minimum Gasteiger partial charge on any atom is -0.388 e. The fraction of sp³-hybridized carbons (Fsp3) is 0.176. The monoisotopic (exact) mass is 338 g/mol. The molecule has 0 aliphatic rings. The van der Waals surface area contributed by atoms with Crippen molar-refractivity contribution in [2.45, 2.75) is 6.18 Å². The summed E-state index contributed by atoms with van der Waals surface area (Å²) in [5.74, 6) is 0. The fourth-order valence-corrected chi connectivity index (χ4v) is 2.13. The normalized spacial score (nSPS) is 11.0. The second-order valence-corrected chi connectivity index (χ2v) is 4.95. The Bertz CT molecular complexity index is 830. The van der Waals surface area contributed by atoms with Crippen molar-refractivity contribution in [1.82, 2.24) is 9.61 Å². The number of benzene rings is 1. The Morgan fingerprint density at radius 3 is 2.33 bits per heavy atom. The highest BCUT2D eigenvalue weighted by molar-refractivity contribution is 5.84. The Morgan fingerprint density at radius 1 is 1.17 bits per heavy atom. The number of nitrogens with zero attached hydrogens (tertiary/aromatic N) is 2. The Morgan fingerprint density at radius 2 is 1.79 bits per heavy atom. The zero-order valence-corrected chi connectivity index (χ0v) is 13.0. The Labute approximate surface area is 138 Å². The molecule has 2 aromatic heterocycles. The average molecular weight is 338 g/mol. The number of aromatic nitrogens is 2. The predicted octanol–water partition coefficient (Wildman–Crippen LogP) is 4.34. The number of fused-ring (bicyclic) bond motifs is 1. The van der Waals surface area contributed by atoms with Gasteiger partial charge in [-0.15, -0.1) is 0 Å². The van der Waals surface area contributed by atoms with Gasteiger partial charge in [-0.3, -0.25) is 4.79 Å². The molecule has 128 valence electrons. The molecule has 2 heterocycles. The zero-order valence-electron chi connectivity index (χ0n) is 13.0. The Balaban J connectivity index is 0.000000730. The number of alkyl halides is 3. The van der Waals surface area contributed by atoms with E-state index in [4.69, 9.17) is 0 Å². The quantitative estimate of drug-likeness (QED) is 0.653. The smallest absolute Gasteiger partial charge is 0.388 e. The molecule has 0 bridgehead atoms. The lowest BCUT2D eigenvalue weighted by Gasteiger charge is -2.07. The molecule has 0 unspecified atom stereocenters. The summed E-state index contributed by atoms with van der Waals surface area (Å²) in [6, 6.07) is 8.11. The number of methoxy groups -OCH3 is 1. The standard InChI is InChI=1S/C15H9F3N2O.C2H6O.H2/c16-15(17,18)12-3-1-11(2-4-12)13-8-19-20-6-5-10(9-21)7-14(13)20;1-3-2;/h1-9H;1-2H3;1H. The predicted molar refractivity (Wildman–Crippen MR) is 86.1 cm³/mol. The molecule has 4 nitrogen and oxygen atoms in total. The van der Waals surface area contributed by atoms with E-state index in [1.165, 1.54) is 12.1 Å². The highest BCUT2D eigenvalue weighted by Gasteiger charge is 2.30. The molecule has 1 aromatic carbocycles. The van der Waals surface area contributed by atoms with Gasteiger partial charge in [-0.25, -0.2) is 4.52 Å². The zero-order chi connectivity index (χ0) is 17.7. The third-order valence-electron chi connectivity index (χ3n) is 3.20. The summed E-state index contributed by atoms with van der Waals surface area (Å²) in [7, 11) is 3.25. The van der Waals surface area contributed by atoms with Crippen LogP contribution in [0, 0.1) is 0 Å². The molecule has 7 heteroatoms. The molecule has 24 heavy (non-hydrogen) atoms. The summed E-state index contributed by atoms with van der Waals surface area (Å²) in [6.45, 7) is 0. The summed E-state index contributed by atoms with van der Waals surface area (Å²) in [5.41, 5.74) is 1.74. The van der Waals surface area contributed by atoms with Crippen molar-refractivity contribution >= 4 is 11.8 Å². The molecule has 0 amide bonds. The first-order valence-corrected chi connectivity index (χ1v) is 6.91. The number of hydrogen-bond acceptors (Lipinski definition) is 3. The number of aldehydes is 1. The van der Waals surface area contributed by atoms with Gasteiger partial charge >= 0.3 is 6.18 Å². The summed E-state index contributed by atoms with van der Waals surface area (Å²) in [4.78, 5) is 10.8. The van der Waals surface area contributed by atoms with Gasteiger partial charge in [0.2, 0.25) is 0 Å². The van der Waals surface area contributed by atoms with E-state index in [0.717, 1.165) is 12.1 Å². The largest absolute Gasteiger partial charge is 0.416 e. The van der Waals surface area contributed by atoms with Crippen molar-refractivity contribution in [2.24, 2.45) is 0 Å². The Hall–Kier alpha value is -2.67. The molecule has 0 fully saturated rings. The van der Waals surface area contributed by atoms with Gasteiger partial charge in [-0.2, -0.15) is 18.3 Å². The molecule has 0 spiro atoms. The van der Waals surface area contributed by atoms with Crippen LogP contribution in [0.5, 0.6) is 0 Å². The molecule has 0 N–H and O–H groups in total. The number of hydrogen-bond donors (Lipinski definition) is 0. The van der Waals surface area contributed by atoms with E-state index in [0.29, 0.717) is 28.5 Å². The molecule has 0 atom stereocenters. The fourth-order valence-electron chi connectivity index (χ4n) is 2.13. The lowest BCUT2D eigenvalue weighted by atomic mass is 10.0. The van der Waals surface area contributed by atoms with Crippen LogP contribution >= 0.6 is 0 Å². The van der Waals surface area contributed by atoms with Gasteiger partial charge in [0.1, 0.15) is 6.29 Å². The highest BCUT2D eigenvalue weighted by atomic mass is 19.4. The third kappa shape index (κ3) is 3.80. The number of rotatable bonds is 2. The van der Waals surface area contributed by atoms with Crippen molar-refractivity contribution in [3.05, 3.63) is 59.9 Å². The number of carbonyl (C=O) groups excluding carboxylic acids is 1. The van der Waals surface area contributed by atoms with Gasteiger partial charge in [-0.05, 0) is 29.8 Å². The van der Waals surface area contributed by atoms with E-state index in [-0.39, 0.29) is 1.43 Å². The number of pyridine rings is 1. The Kier molecular flexibility index (Phi) is 5.35. The summed E-state index contributed by atoms with van der Waals surface area (Å²) >= 11 is 0. The van der Waals surface area contributed by atoms with E-state index in [1.807, 2.05) is 0 Å². The molecular weight excluding hydrogens is 321 g/mol. The van der Waals surface area contributed by atoms with Gasteiger partial charge < -0.3 is 4.74 Å². The lowest BCUT2D eigenvalue weighted by molar-refractivity contribution is -0.137. The van der Waals surface area contributed by atoms with E-state index >= 15 is 0 Å². The van der Waals surface area contributed by atoms with Crippen molar-refractivity contribution in [3.63, 3.8) is 0 Å². The number of halogens is 3. The SMILES string of the molecule is COC.O=Cc1ccn2ncc(-c3ccc(C(F)(F)F)cc3)c2c1.[HH]. The molecule has 3 aromatic rings. The van der Waals surface area contributed by atoms with Crippen molar-refractivity contribution < 1.29 is 24.1 Å². The van der Waals surface area contributed by atoms with Crippen LogP contribution in [0.25, 0.3) is 16.6 Å². The molecule has 0 aliphatic heterocycles. The van der Waals surface area contributed by atoms with Gasteiger partial charge in [0.15, 0.2) is 0 Å². The van der Waals surface area contributed by atoms with E-state index in [1.54, 1.807) is 43.3 Å². The van der Waals surface area contributed by atoms with Crippen LogP contribution in [0.1, 0.15) is 17.3 Å². The van der Waals surface area contributed by atoms with Crippen LogP contribution < -0.4 is 0 Å². The van der Waals surface area contributed by atoms with Crippen LogP contribution in [-0.4, -0.2) is 30.1 Å². The number of carbonyl (C=O) groups is 1. The first kappa shape index (κ1) is 17.7. The first-order chi connectivity index (χ1) is 11.4. The molecule has 0 saturated heterocycles. The minimum atomic E-state index is -4.36. The molecule has 0 saturated carbocycles. The van der Waals surface area contributed by atoms with E-state index in [2.05, 4.69) is 9.84 Å². The second kappa shape index (κ2) is 7.27. The van der Waals surface area contributed by atoms with Crippen LogP contribution in [0.4, 0.5) is 13.2 Å². The minimum absolute atomic E-state index is 0. The lowest BCUT2D eigenvalue weighted by Crippen LogP contribution is -2.03. The van der Waals surface area contributed by atoms with Crippen LogP contribution in [-0.2, 0) is 10.9 Å². The molecule has 0 aliphatic carbocycles. The van der Waals surface area contributed by atoms with Gasteiger partial charge in [0.25, 0.3) is 0 Å². The van der Waals surface area contributed by atoms with Crippen molar-refractivity contribution in [3.8, 4) is 11.1 Å². The molecule has 0 radical (unpaired) electrons. The van der Waals surface area contributed by atoms with E-state index in [9.17, 15) is 18.0 Å². The van der Waals surface area contributed by atoms with Crippen molar-refractivity contribution in [1.29, 1.82) is 0 Å². The van der Waals surface area contributed by atoms with Crippen LogP contribution in [0.2, 0.25) is 0 Å². The van der Waals surface area contributed by atoms with Crippen LogP contribution in [0.15, 0.2) is 48.8 Å². The summed E-state index contributed by atoms with van der Waals surface area (Å²) < 4.78 is 43.5. The second-order valence-electron chi connectivity index (χ2n) is 4.95. The van der Waals surface area contributed by atoms with E-state index < -0.39 is 11.7 Å². The maximum absolute atomic E-state index is 12.6. The number of ether oxygens (including phenoxy) is 1. The summed E-state index contributed by atoms with van der Waals surface area (Å²) in [6.07, 6.45) is -0.451. The summed E-state index contributed by atoms with van der Waals surface area (Å²) in [5, 5.41) is 4.12. The van der Waals surface area contributed by atoms with Crippen LogP contribution in [0.3, 0.4) is 0 Å². The van der Waals surface area contributed by atoms with Gasteiger partial charge in [0.05, 0.1) is 17.3 Å². The first-order valence-electron chi connectivity index (χ1n) is 6.91. The van der Waals surface area contributed by atoms with Crippen molar-refractivity contribution in [2.75, 3.05) is 14.2 Å². The average Bonchev–Trinajstić information content (AvgIpc) is 2.98. The molecular formula is C17H17F3N2O2. The van der Waals surface area contributed by atoms with Gasteiger partial charge in [0, 0.05) is 33.0 Å². The van der Waals surface area contributed by atoms with Gasteiger partial charge in [-0.1, -0.05) is 12.1 Å². The maximum Gasteiger partial charge on any atom is 0.416 e. The maximum atomic E-state index is 12.6. The topological polar surface area (TPSA) is 43.6 Å². The molecule has 3 rings (SSSR count). The third-order valence-corrected chi connectivity index (χ3v) is 3.20.